The fourth-order valence-corrected chi connectivity index (χ4v) is 1.60. The van der Waals surface area contributed by atoms with Crippen LogP contribution < -0.4 is 5.73 Å². The van der Waals surface area contributed by atoms with Gasteiger partial charge in [0, 0.05) is 6.42 Å². The molecule has 1 aromatic rings. The van der Waals surface area contributed by atoms with Crippen LogP contribution in [0.25, 0.3) is 0 Å². The molecule has 6 N–H and O–H groups in total. The van der Waals surface area contributed by atoms with Gasteiger partial charge in [-0.1, -0.05) is 30.3 Å². The van der Waals surface area contributed by atoms with Crippen molar-refractivity contribution in [3.05, 3.63) is 35.9 Å². The van der Waals surface area contributed by atoms with Crippen molar-refractivity contribution >= 4 is 5.97 Å². The maximum absolute atomic E-state index is 10.9. The molecule has 0 aliphatic carbocycles. The highest BCUT2D eigenvalue weighted by atomic mass is 16.4. The van der Waals surface area contributed by atoms with Crippen LogP contribution in [0.1, 0.15) is 5.56 Å². The molecule has 0 aromatic heterocycles. The molecule has 0 fully saturated rings. The number of benzene rings is 1. The molecule has 1 rings (SSSR count). The quantitative estimate of drug-likeness (QED) is 0.431. The van der Waals surface area contributed by atoms with Crippen LogP contribution in [-0.2, 0) is 11.2 Å². The zero-order valence-electron chi connectivity index (χ0n) is 9.73. The van der Waals surface area contributed by atoms with Crippen LogP contribution in [0.5, 0.6) is 0 Å². The third-order valence-electron chi connectivity index (χ3n) is 2.84. The van der Waals surface area contributed by atoms with Gasteiger partial charge < -0.3 is 26.2 Å². The minimum atomic E-state index is -2.27. The van der Waals surface area contributed by atoms with Crippen LogP contribution in [0.4, 0.5) is 0 Å². The summed E-state index contributed by atoms with van der Waals surface area (Å²) >= 11 is 0. The predicted molar refractivity (Wildman–Crippen MR) is 63.8 cm³/mol. The Morgan fingerprint density at radius 2 is 1.83 bits per heavy atom. The van der Waals surface area contributed by atoms with Gasteiger partial charge in [-0.05, 0) is 5.56 Å². The first-order valence-corrected chi connectivity index (χ1v) is 5.45. The first-order chi connectivity index (χ1) is 8.41. The summed E-state index contributed by atoms with van der Waals surface area (Å²) in [6, 6.07) is 8.77. The minimum Gasteiger partial charge on any atom is -0.480 e. The Kier molecular flexibility index (Phi) is 4.80. The summed E-state index contributed by atoms with van der Waals surface area (Å²) < 4.78 is 0. The second-order valence-electron chi connectivity index (χ2n) is 4.21. The van der Waals surface area contributed by atoms with Crippen LogP contribution in [-0.4, -0.2) is 50.7 Å². The Bertz CT molecular complexity index is 397. The SMILES string of the molecule is NC(CO)(C(=O)O)C(O)C(O)Cc1ccccc1. The third-order valence-corrected chi connectivity index (χ3v) is 2.84. The molecule has 6 nitrogen and oxygen atoms in total. The molecule has 1 aromatic carbocycles. The molecular formula is C12H17NO5. The molecule has 0 spiro atoms. The monoisotopic (exact) mass is 255 g/mol. The highest BCUT2D eigenvalue weighted by Gasteiger charge is 2.44. The van der Waals surface area contributed by atoms with Crippen LogP contribution >= 0.6 is 0 Å². The van der Waals surface area contributed by atoms with Crippen LogP contribution in [0.3, 0.4) is 0 Å². The van der Waals surface area contributed by atoms with Gasteiger partial charge in [0.05, 0.1) is 12.7 Å². The van der Waals surface area contributed by atoms with Gasteiger partial charge in [0.15, 0.2) is 5.54 Å². The summed E-state index contributed by atoms with van der Waals surface area (Å²) in [7, 11) is 0. The first kappa shape index (κ1) is 14.6. The summed E-state index contributed by atoms with van der Waals surface area (Å²) in [5.41, 5.74) is 3.84. The highest BCUT2D eigenvalue weighted by Crippen LogP contribution is 2.15. The van der Waals surface area contributed by atoms with Gasteiger partial charge >= 0.3 is 5.97 Å². The van der Waals surface area contributed by atoms with E-state index in [0.29, 0.717) is 0 Å². The molecule has 3 unspecified atom stereocenters. The Morgan fingerprint density at radius 1 is 1.28 bits per heavy atom. The number of carboxylic acid groups (broad SMARTS) is 1. The van der Waals surface area contributed by atoms with Crippen molar-refractivity contribution in [1.29, 1.82) is 0 Å². The number of hydrogen-bond donors (Lipinski definition) is 5. The Balaban J connectivity index is 2.77. The maximum Gasteiger partial charge on any atom is 0.328 e. The summed E-state index contributed by atoms with van der Waals surface area (Å²) in [6.45, 7) is -0.963. The minimum absolute atomic E-state index is 0.0498. The van der Waals surface area contributed by atoms with E-state index in [1.54, 1.807) is 30.3 Å². The normalized spacial score (nSPS) is 17.8. The zero-order valence-corrected chi connectivity index (χ0v) is 9.73. The maximum atomic E-state index is 10.9. The van der Waals surface area contributed by atoms with Gasteiger partial charge in [-0.25, -0.2) is 0 Å². The van der Waals surface area contributed by atoms with E-state index in [0.717, 1.165) is 5.56 Å². The molecule has 0 saturated carbocycles. The highest BCUT2D eigenvalue weighted by molar-refractivity contribution is 5.79. The topological polar surface area (TPSA) is 124 Å². The van der Waals surface area contributed by atoms with Crippen molar-refractivity contribution in [2.75, 3.05) is 6.61 Å². The predicted octanol–water partition coefficient (Wildman–Crippen LogP) is -1.27. The fourth-order valence-electron chi connectivity index (χ4n) is 1.60. The average molecular weight is 255 g/mol. The van der Waals surface area contributed by atoms with E-state index in [1.165, 1.54) is 0 Å². The molecule has 6 heteroatoms. The van der Waals surface area contributed by atoms with Crippen molar-refractivity contribution in [2.45, 2.75) is 24.2 Å². The molecule has 0 saturated heterocycles. The van der Waals surface area contributed by atoms with E-state index in [9.17, 15) is 15.0 Å². The van der Waals surface area contributed by atoms with Crippen LogP contribution in [0.15, 0.2) is 30.3 Å². The van der Waals surface area contributed by atoms with Gasteiger partial charge in [0.1, 0.15) is 6.10 Å². The van der Waals surface area contributed by atoms with E-state index < -0.39 is 30.3 Å². The average Bonchev–Trinajstić information content (AvgIpc) is 2.37. The van der Waals surface area contributed by atoms with Gasteiger partial charge in [-0.2, -0.15) is 0 Å². The lowest BCUT2D eigenvalue weighted by atomic mass is 9.88. The van der Waals surface area contributed by atoms with Crippen molar-refractivity contribution in [3.8, 4) is 0 Å². The lowest BCUT2D eigenvalue weighted by molar-refractivity contribution is -0.155. The molecule has 0 aliphatic rings. The molecule has 0 bridgehead atoms. The number of aliphatic hydroxyl groups is 3. The molecule has 0 radical (unpaired) electrons. The summed E-state index contributed by atoms with van der Waals surface area (Å²) in [4.78, 5) is 10.9. The molecular weight excluding hydrogens is 238 g/mol. The Morgan fingerprint density at radius 3 is 2.28 bits per heavy atom. The van der Waals surface area contributed by atoms with Crippen molar-refractivity contribution in [1.82, 2.24) is 0 Å². The second kappa shape index (κ2) is 5.92. The van der Waals surface area contributed by atoms with Gasteiger partial charge in [-0.3, -0.25) is 4.79 Å². The Labute approximate surface area is 104 Å². The number of nitrogens with two attached hydrogens (primary N) is 1. The number of aliphatic hydroxyl groups excluding tert-OH is 3. The third kappa shape index (κ3) is 3.05. The van der Waals surface area contributed by atoms with Crippen molar-refractivity contribution in [2.24, 2.45) is 5.73 Å². The molecule has 0 heterocycles. The van der Waals surface area contributed by atoms with Gasteiger partial charge in [-0.15, -0.1) is 0 Å². The van der Waals surface area contributed by atoms with Crippen molar-refractivity contribution in [3.63, 3.8) is 0 Å². The lowest BCUT2D eigenvalue weighted by Crippen LogP contribution is -2.64. The molecule has 0 aliphatic heterocycles. The molecule has 100 valence electrons. The number of aliphatic carboxylic acids is 1. The Hall–Kier alpha value is -1.47. The van der Waals surface area contributed by atoms with E-state index in [4.69, 9.17) is 15.9 Å². The molecule has 18 heavy (non-hydrogen) atoms. The summed E-state index contributed by atoms with van der Waals surface area (Å²) in [5, 5.41) is 37.4. The smallest absolute Gasteiger partial charge is 0.328 e. The molecule has 3 atom stereocenters. The molecule has 0 amide bonds. The number of carboxylic acids is 1. The van der Waals surface area contributed by atoms with Crippen LogP contribution in [0, 0.1) is 0 Å². The van der Waals surface area contributed by atoms with Gasteiger partial charge in [0.25, 0.3) is 0 Å². The number of hydrogen-bond acceptors (Lipinski definition) is 5. The van der Waals surface area contributed by atoms with E-state index in [1.807, 2.05) is 0 Å². The fraction of sp³-hybridized carbons (Fsp3) is 0.417. The van der Waals surface area contributed by atoms with Gasteiger partial charge in [0.2, 0.25) is 0 Å². The lowest BCUT2D eigenvalue weighted by Gasteiger charge is -2.31. The summed E-state index contributed by atoms with van der Waals surface area (Å²) in [5.74, 6) is -1.57. The summed E-state index contributed by atoms with van der Waals surface area (Å²) in [6.07, 6.45) is -3.09. The van der Waals surface area contributed by atoms with Crippen molar-refractivity contribution < 1.29 is 25.2 Å². The van der Waals surface area contributed by atoms with E-state index in [-0.39, 0.29) is 6.42 Å². The van der Waals surface area contributed by atoms with E-state index >= 15 is 0 Å². The number of carbonyl (C=O) groups is 1. The number of rotatable bonds is 6. The second-order valence-corrected chi connectivity index (χ2v) is 4.21. The first-order valence-electron chi connectivity index (χ1n) is 5.45. The zero-order chi connectivity index (χ0) is 13.8. The largest absolute Gasteiger partial charge is 0.480 e. The van der Waals surface area contributed by atoms with E-state index in [2.05, 4.69) is 0 Å². The standard InChI is InChI=1S/C12H17NO5/c13-12(7-14,11(17)18)10(16)9(15)6-8-4-2-1-3-5-8/h1-5,9-10,14-16H,6-7,13H2,(H,17,18). The van der Waals surface area contributed by atoms with Crippen LogP contribution in [0.2, 0.25) is 0 Å².